The maximum Gasteiger partial charge on any atom is 0.303 e. The van der Waals surface area contributed by atoms with E-state index >= 15 is 0 Å². The quantitative estimate of drug-likeness (QED) is 0.662. The van der Waals surface area contributed by atoms with Crippen molar-refractivity contribution in [3.05, 3.63) is 11.7 Å². The summed E-state index contributed by atoms with van der Waals surface area (Å²) in [5, 5.41) is 14.9. The molecular formula is C11H17N3O4. The number of carbonyl (C=O) groups is 2. The lowest BCUT2D eigenvalue weighted by molar-refractivity contribution is -0.137. The molecule has 1 amide bonds. The van der Waals surface area contributed by atoms with Crippen molar-refractivity contribution >= 4 is 11.9 Å². The van der Waals surface area contributed by atoms with Gasteiger partial charge in [0, 0.05) is 32.7 Å². The van der Waals surface area contributed by atoms with Crippen LogP contribution in [-0.2, 0) is 16.0 Å². The SMILES string of the molecule is Cc1nc(CCNC(=O)CCCCC(=O)O)no1. The fraction of sp³-hybridized carbons (Fsp3) is 0.636. The maximum absolute atomic E-state index is 11.4. The largest absolute Gasteiger partial charge is 0.481 e. The minimum Gasteiger partial charge on any atom is -0.481 e. The summed E-state index contributed by atoms with van der Waals surface area (Å²) in [4.78, 5) is 25.6. The molecule has 0 unspecified atom stereocenters. The Kier molecular flexibility index (Phi) is 5.83. The van der Waals surface area contributed by atoms with Crippen molar-refractivity contribution in [2.24, 2.45) is 0 Å². The van der Waals surface area contributed by atoms with Crippen molar-refractivity contribution in [3.63, 3.8) is 0 Å². The lowest BCUT2D eigenvalue weighted by atomic mass is 10.2. The number of unbranched alkanes of at least 4 members (excludes halogenated alkanes) is 1. The standard InChI is InChI=1S/C11H17N3O4/c1-8-13-9(14-18-8)6-7-12-10(15)4-2-3-5-11(16)17/h2-7H2,1H3,(H,12,15)(H,16,17). The monoisotopic (exact) mass is 255 g/mol. The molecule has 0 radical (unpaired) electrons. The van der Waals surface area contributed by atoms with E-state index in [2.05, 4.69) is 15.5 Å². The van der Waals surface area contributed by atoms with Gasteiger partial charge in [-0.3, -0.25) is 9.59 Å². The van der Waals surface area contributed by atoms with Gasteiger partial charge in [0.05, 0.1) is 0 Å². The van der Waals surface area contributed by atoms with Gasteiger partial charge < -0.3 is 14.9 Å². The van der Waals surface area contributed by atoms with E-state index in [4.69, 9.17) is 9.63 Å². The van der Waals surface area contributed by atoms with Gasteiger partial charge in [0.1, 0.15) is 0 Å². The van der Waals surface area contributed by atoms with E-state index in [1.54, 1.807) is 6.92 Å². The number of hydrogen-bond donors (Lipinski definition) is 2. The number of aromatic nitrogens is 2. The van der Waals surface area contributed by atoms with Gasteiger partial charge >= 0.3 is 5.97 Å². The first-order chi connectivity index (χ1) is 8.58. The highest BCUT2D eigenvalue weighted by Gasteiger charge is 2.05. The highest BCUT2D eigenvalue weighted by Crippen LogP contribution is 2.00. The van der Waals surface area contributed by atoms with E-state index in [9.17, 15) is 9.59 Å². The number of carboxylic acids is 1. The van der Waals surface area contributed by atoms with Crippen molar-refractivity contribution in [2.75, 3.05) is 6.54 Å². The van der Waals surface area contributed by atoms with Crippen LogP contribution in [0.3, 0.4) is 0 Å². The Labute approximate surface area is 105 Å². The predicted molar refractivity (Wildman–Crippen MR) is 61.9 cm³/mol. The minimum atomic E-state index is -0.831. The molecule has 0 aliphatic heterocycles. The molecule has 0 saturated carbocycles. The first-order valence-electron chi connectivity index (χ1n) is 5.85. The van der Waals surface area contributed by atoms with Gasteiger partial charge in [-0.05, 0) is 12.8 Å². The fourth-order valence-corrected chi connectivity index (χ4v) is 1.41. The van der Waals surface area contributed by atoms with Gasteiger partial charge in [0.25, 0.3) is 0 Å². The molecule has 1 rings (SSSR count). The van der Waals surface area contributed by atoms with Crippen LogP contribution < -0.4 is 5.32 Å². The van der Waals surface area contributed by atoms with Gasteiger partial charge in [-0.1, -0.05) is 5.16 Å². The van der Waals surface area contributed by atoms with Crippen molar-refractivity contribution in [2.45, 2.75) is 39.0 Å². The number of hydrogen-bond acceptors (Lipinski definition) is 5. The first kappa shape index (κ1) is 14.1. The summed E-state index contributed by atoms with van der Waals surface area (Å²) >= 11 is 0. The Balaban J connectivity index is 2.05. The van der Waals surface area contributed by atoms with E-state index < -0.39 is 5.97 Å². The van der Waals surface area contributed by atoms with Crippen LogP contribution in [-0.4, -0.2) is 33.7 Å². The van der Waals surface area contributed by atoms with Crippen LogP contribution in [0.2, 0.25) is 0 Å². The molecule has 100 valence electrons. The molecule has 7 nitrogen and oxygen atoms in total. The van der Waals surface area contributed by atoms with E-state index in [0.29, 0.717) is 43.9 Å². The smallest absolute Gasteiger partial charge is 0.303 e. The molecule has 0 fully saturated rings. The second-order valence-corrected chi connectivity index (χ2v) is 3.93. The van der Waals surface area contributed by atoms with Crippen LogP contribution in [0.4, 0.5) is 0 Å². The van der Waals surface area contributed by atoms with Crippen molar-refractivity contribution in [1.29, 1.82) is 0 Å². The Hall–Kier alpha value is -1.92. The molecule has 18 heavy (non-hydrogen) atoms. The Morgan fingerprint density at radius 3 is 2.67 bits per heavy atom. The third-order valence-electron chi connectivity index (χ3n) is 2.28. The second kappa shape index (κ2) is 7.41. The summed E-state index contributed by atoms with van der Waals surface area (Å²) in [7, 11) is 0. The van der Waals surface area contributed by atoms with Crippen LogP contribution >= 0.6 is 0 Å². The predicted octanol–water partition coefficient (Wildman–Crippen LogP) is 0.682. The van der Waals surface area contributed by atoms with Gasteiger partial charge in [-0.25, -0.2) is 0 Å². The van der Waals surface area contributed by atoms with Crippen molar-refractivity contribution in [3.8, 4) is 0 Å². The maximum atomic E-state index is 11.4. The number of amides is 1. The zero-order valence-corrected chi connectivity index (χ0v) is 10.3. The molecule has 1 heterocycles. The summed E-state index contributed by atoms with van der Waals surface area (Å²) in [6, 6.07) is 0. The van der Waals surface area contributed by atoms with E-state index in [1.807, 2.05) is 0 Å². The van der Waals surface area contributed by atoms with E-state index in [0.717, 1.165) is 0 Å². The summed E-state index contributed by atoms with van der Waals surface area (Å²) in [5.74, 6) is 0.159. The number of nitrogens with zero attached hydrogens (tertiary/aromatic N) is 2. The number of aryl methyl sites for hydroxylation is 1. The fourth-order valence-electron chi connectivity index (χ4n) is 1.41. The van der Waals surface area contributed by atoms with Crippen LogP contribution in [0, 0.1) is 6.92 Å². The molecule has 0 atom stereocenters. The zero-order chi connectivity index (χ0) is 13.4. The van der Waals surface area contributed by atoms with Crippen LogP contribution in [0.15, 0.2) is 4.52 Å². The van der Waals surface area contributed by atoms with Crippen molar-refractivity contribution in [1.82, 2.24) is 15.5 Å². The minimum absolute atomic E-state index is 0.0828. The number of carboxylic acid groups (broad SMARTS) is 1. The van der Waals surface area contributed by atoms with Crippen LogP contribution in [0.1, 0.15) is 37.4 Å². The topological polar surface area (TPSA) is 105 Å². The Morgan fingerprint density at radius 1 is 1.33 bits per heavy atom. The lowest BCUT2D eigenvalue weighted by Gasteiger charge is -2.02. The number of carbonyl (C=O) groups excluding carboxylic acids is 1. The molecule has 2 N–H and O–H groups in total. The third kappa shape index (κ3) is 5.97. The number of nitrogens with one attached hydrogen (secondary N) is 1. The summed E-state index contributed by atoms with van der Waals surface area (Å²) in [6.45, 7) is 2.16. The molecule has 7 heteroatoms. The van der Waals surface area contributed by atoms with E-state index in [1.165, 1.54) is 0 Å². The van der Waals surface area contributed by atoms with Crippen molar-refractivity contribution < 1.29 is 19.2 Å². The Bertz CT molecular complexity index is 403. The van der Waals surface area contributed by atoms with E-state index in [-0.39, 0.29) is 12.3 Å². The molecule has 1 aromatic rings. The summed E-state index contributed by atoms with van der Waals surface area (Å²) in [5.41, 5.74) is 0. The molecule has 0 bridgehead atoms. The van der Waals surface area contributed by atoms with Gasteiger partial charge in [0.2, 0.25) is 11.8 Å². The molecule has 0 aliphatic carbocycles. The lowest BCUT2D eigenvalue weighted by Crippen LogP contribution is -2.25. The second-order valence-electron chi connectivity index (χ2n) is 3.93. The average Bonchev–Trinajstić information content (AvgIpc) is 2.70. The number of aliphatic carboxylic acids is 1. The van der Waals surface area contributed by atoms with Gasteiger partial charge in [0.15, 0.2) is 5.82 Å². The van der Waals surface area contributed by atoms with Crippen LogP contribution in [0.25, 0.3) is 0 Å². The molecular weight excluding hydrogens is 238 g/mol. The number of rotatable bonds is 8. The molecule has 1 aromatic heterocycles. The average molecular weight is 255 g/mol. The molecule has 0 saturated heterocycles. The highest BCUT2D eigenvalue weighted by atomic mass is 16.5. The Morgan fingerprint density at radius 2 is 2.06 bits per heavy atom. The summed E-state index contributed by atoms with van der Waals surface area (Å²) < 4.78 is 4.79. The van der Waals surface area contributed by atoms with Gasteiger partial charge in [-0.2, -0.15) is 4.98 Å². The normalized spacial score (nSPS) is 10.3. The first-order valence-corrected chi connectivity index (χ1v) is 5.85. The zero-order valence-electron chi connectivity index (χ0n) is 10.3. The molecule has 0 aliphatic rings. The highest BCUT2D eigenvalue weighted by molar-refractivity contribution is 5.75. The third-order valence-corrected chi connectivity index (χ3v) is 2.28. The molecule has 0 aromatic carbocycles. The molecule has 0 spiro atoms. The van der Waals surface area contributed by atoms with Gasteiger partial charge in [-0.15, -0.1) is 0 Å². The van der Waals surface area contributed by atoms with Crippen LogP contribution in [0.5, 0.6) is 0 Å². The summed E-state index contributed by atoms with van der Waals surface area (Å²) in [6.07, 6.45) is 2.08.